The molecule has 0 spiro atoms. The first-order chi connectivity index (χ1) is 9.65. The zero-order valence-electron chi connectivity index (χ0n) is 12.1. The summed E-state index contributed by atoms with van der Waals surface area (Å²) in [5, 5.41) is 10.5. The molecule has 20 heavy (non-hydrogen) atoms. The smallest absolute Gasteiger partial charge is 0.166 e. The molecule has 3 nitrogen and oxygen atoms in total. The fourth-order valence-electron chi connectivity index (χ4n) is 2.35. The first-order valence-corrected chi connectivity index (χ1v) is 6.60. The van der Waals surface area contributed by atoms with Crippen LogP contribution in [0.1, 0.15) is 22.8 Å². The van der Waals surface area contributed by atoms with Crippen LogP contribution in [0.3, 0.4) is 0 Å². The van der Waals surface area contributed by atoms with Gasteiger partial charge in [0, 0.05) is 12.0 Å². The number of aliphatic hydroxyl groups excluding tert-OH is 1. The van der Waals surface area contributed by atoms with Crippen molar-refractivity contribution in [3.8, 4) is 11.5 Å². The van der Waals surface area contributed by atoms with Gasteiger partial charge in [-0.3, -0.25) is 0 Å². The van der Waals surface area contributed by atoms with E-state index in [2.05, 4.69) is 6.07 Å². The van der Waals surface area contributed by atoms with Gasteiger partial charge in [0.25, 0.3) is 0 Å². The lowest BCUT2D eigenvalue weighted by atomic mass is 9.99. The quantitative estimate of drug-likeness (QED) is 0.907. The zero-order chi connectivity index (χ0) is 14.5. The molecular formula is C17H20O3. The maximum absolute atomic E-state index is 10.5. The highest BCUT2D eigenvalue weighted by atomic mass is 16.5. The monoisotopic (exact) mass is 272 g/mol. The van der Waals surface area contributed by atoms with Gasteiger partial charge in [-0.25, -0.2) is 0 Å². The van der Waals surface area contributed by atoms with E-state index in [0.717, 1.165) is 11.1 Å². The van der Waals surface area contributed by atoms with Crippen LogP contribution in [0, 0.1) is 6.92 Å². The number of hydrogen-bond acceptors (Lipinski definition) is 3. The second kappa shape index (κ2) is 6.44. The van der Waals surface area contributed by atoms with Gasteiger partial charge in [-0.05, 0) is 18.6 Å². The van der Waals surface area contributed by atoms with E-state index in [1.807, 2.05) is 43.3 Å². The van der Waals surface area contributed by atoms with Crippen LogP contribution in [0.2, 0.25) is 0 Å². The van der Waals surface area contributed by atoms with E-state index in [0.29, 0.717) is 17.9 Å². The molecule has 2 rings (SSSR count). The highest BCUT2D eigenvalue weighted by Gasteiger charge is 2.17. The molecule has 0 aliphatic carbocycles. The number of benzene rings is 2. The number of hydrogen-bond donors (Lipinski definition) is 1. The van der Waals surface area contributed by atoms with Crippen LogP contribution < -0.4 is 9.47 Å². The van der Waals surface area contributed by atoms with Gasteiger partial charge in [0.1, 0.15) is 0 Å². The second-order valence-electron chi connectivity index (χ2n) is 4.79. The molecule has 0 heterocycles. The Balaban J connectivity index is 2.27. The maximum Gasteiger partial charge on any atom is 0.166 e. The third-order valence-corrected chi connectivity index (χ3v) is 3.30. The first-order valence-electron chi connectivity index (χ1n) is 6.60. The van der Waals surface area contributed by atoms with Crippen molar-refractivity contribution in [2.45, 2.75) is 19.4 Å². The predicted molar refractivity (Wildman–Crippen MR) is 79.4 cm³/mol. The topological polar surface area (TPSA) is 38.7 Å². The van der Waals surface area contributed by atoms with Crippen molar-refractivity contribution in [2.75, 3.05) is 14.2 Å². The number of para-hydroxylation sites is 1. The Labute approximate surface area is 119 Å². The fourth-order valence-corrected chi connectivity index (χ4v) is 2.35. The molecular weight excluding hydrogens is 252 g/mol. The third kappa shape index (κ3) is 3.11. The molecule has 2 aromatic carbocycles. The lowest BCUT2D eigenvalue weighted by Crippen LogP contribution is -2.05. The minimum Gasteiger partial charge on any atom is -0.493 e. The molecule has 0 saturated carbocycles. The van der Waals surface area contributed by atoms with Crippen molar-refractivity contribution < 1.29 is 14.6 Å². The standard InChI is InChI=1S/C17H20O3/c1-12-6-4-7-13(10-12)11-15(18)14-8-5-9-16(19-2)17(14)20-3/h4-10,15,18H,11H2,1-3H3. The molecule has 0 aliphatic heterocycles. The van der Waals surface area contributed by atoms with Gasteiger partial charge >= 0.3 is 0 Å². The molecule has 0 amide bonds. The molecule has 0 fully saturated rings. The van der Waals surface area contributed by atoms with Gasteiger partial charge in [-0.2, -0.15) is 0 Å². The Morgan fingerprint density at radius 2 is 1.80 bits per heavy atom. The number of methoxy groups -OCH3 is 2. The molecule has 0 aromatic heterocycles. The van der Waals surface area contributed by atoms with Crippen LogP contribution in [-0.2, 0) is 6.42 Å². The molecule has 0 radical (unpaired) electrons. The number of ether oxygens (including phenoxy) is 2. The minimum atomic E-state index is -0.623. The zero-order valence-corrected chi connectivity index (χ0v) is 12.1. The van der Waals surface area contributed by atoms with Crippen molar-refractivity contribution in [1.29, 1.82) is 0 Å². The van der Waals surface area contributed by atoms with Crippen molar-refractivity contribution in [2.24, 2.45) is 0 Å². The van der Waals surface area contributed by atoms with E-state index >= 15 is 0 Å². The lowest BCUT2D eigenvalue weighted by Gasteiger charge is -2.17. The molecule has 106 valence electrons. The number of aliphatic hydroxyl groups is 1. The average molecular weight is 272 g/mol. The first kappa shape index (κ1) is 14.4. The van der Waals surface area contributed by atoms with Gasteiger partial charge in [0.05, 0.1) is 20.3 Å². The maximum atomic E-state index is 10.5. The lowest BCUT2D eigenvalue weighted by molar-refractivity contribution is 0.173. The molecule has 1 N–H and O–H groups in total. The van der Waals surface area contributed by atoms with E-state index in [1.165, 1.54) is 5.56 Å². The molecule has 3 heteroatoms. The van der Waals surface area contributed by atoms with Crippen molar-refractivity contribution in [3.05, 3.63) is 59.2 Å². The van der Waals surface area contributed by atoms with Crippen LogP contribution in [0.15, 0.2) is 42.5 Å². The van der Waals surface area contributed by atoms with Gasteiger partial charge in [-0.1, -0.05) is 42.0 Å². The summed E-state index contributed by atoms with van der Waals surface area (Å²) in [7, 11) is 3.18. The highest BCUT2D eigenvalue weighted by molar-refractivity contribution is 5.48. The molecule has 1 atom stereocenters. The summed E-state index contributed by atoms with van der Waals surface area (Å²) < 4.78 is 10.6. The Morgan fingerprint density at radius 3 is 2.45 bits per heavy atom. The van der Waals surface area contributed by atoms with Crippen molar-refractivity contribution >= 4 is 0 Å². The molecule has 0 saturated heterocycles. The highest BCUT2D eigenvalue weighted by Crippen LogP contribution is 2.35. The number of rotatable bonds is 5. The van der Waals surface area contributed by atoms with E-state index in [9.17, 15) is 5.11 Å². The SMILES string of the molecule is COc1cccc(C(O)Cc2cccc(C)c2)c1OC. The summed E-state index contributed by atoms with van der Waals surface area (Å²) in [6.07, 6.45) is -0.0765. The Morgan fingerprint density at radius 1 is 1.05 bits per heavy atom. The van der Waals surface area contributed by atoms with Crippen LogP contribution in [-0.4, -0.2) is 19.3 Å². The van der Waals surface area contributed by atoms with Crippen LogP contribution in [0.25, 0.3) is 0 Å². The molecule has 0 bridgehead atoms. The summed E-state index contributed by atoms with van der Waals surface area (Å²) in [6.45, 7) is 2.04. The summed E-state index contributed by atoms with van der Waals surface area (Å²) in [4.78, 5) is 0. The molecule has 0 aliphatic rings. The van der Waals surface area contributed by atoms with Crippen molar-refractivity contribution in [3.63, 3.8) is 0 Å². The average Bonchev–Trinajstić information content (AvgIpc) is 2.46. The largest absolute Gasteiger partial charge is 0.493 e. The van der Waals surface area contributed by atoms with E-state index in [1.54, 1.807) is 14.2 Å². The third-order valence-electron chi connectivity index (χ3n) is 3.30. The summed E-state index contributed by atoms with van der Waals surface area (Å²) in [6, 6.07) is 13.7. The summed E-state index contributed by atoms with van der Waals surface area (Å²) in [5.74, 6) is 1.23. The van der Waals surface area contributed by atoms with Gasteiger partial charge in [0.15, 0.2) is 11.5 Å². The summed E-state index contributed by atoms with van der Waals surface area (Å²) >= 11 is 0. The number of aryl methyl sites for hydroxylation is 1. The normalized spacial score (nSPS) is 12.0. The van der Waals surface area contributed by atoms with Gasteiger partial charge in [0.2, 0.25) is 0 Å². The van der Waals surface area contributed by atoms with E-state index in [-0.39, 0.29) is 0 Å². The minimum absolute atomic E-state index is 0.547. The molecule has 2 aromatic rings. The Hall–Kier alpha value is -2.00. The van der Waals surface area contributed by atoms with E-state index in [4.69, 9.17) is 9.47 Å². The van der Waals surface area contributed by atoms with E-state index < -0.39 is 6.10 Å². The van der Waals surface area contributed by atoms with Crippen LogP contribution in [0.5, 0.6) is 11.5 Å². The van der Waals surface area contributed by atoms with Crippen molar-refractivity contribution in [1.82, 2.24) is 0 Å². The van der Waals surface area contributed by atoms with Crippen LogP contribution >= 0.6 is 0 Å². The van der Waals surface area contributed by atoms with Gasteiger partial charge in [-0.15, -0.1) is 0 Å². The van der Waals surface area contributed by atoms with Crippen LogP contribution in [0.4, 0.5) is 0 Å². The fraction of sp³-hybridized carbons (Fsp3) is 0.294. The predicted octanol–water partition coefficient (Wildman–Crippen LogP) is 3.29. The van der Waals surface area contributed by atoms with Gasteiger partial charge < -0.3 is 14.6 Å². The summed E-state index contributed by atoms with van der Waals surface area (Å²) in [5.41, 5.74) is 3.03. The Kier molecular flexibility index (Phi) is 4.64. The second-order valence-corrected chi connectivity index (χ2v) is 4.79. The Bertz CT molecular complexity index is 578. The molecule has 1 unspecified atom stereocenters.